The molecule has 4 bridgehead atoms. The van der Waals surface area contributed by atoms with Crippen molar-refractivity contribution in [3.63, 3.8) is 0 Å². The number of fused-ring (bicyclic) bond motifs is 4. The van der Waals surface area contributed by atoms with Gasteiger partial charge < -0.3 is 9.47 Å². The van der Waals surface area contributed by atoms with Crippen LogP contribution in [0.2, 0.25) is 0 Å². The zero-order valence-electron chi connectivity index (χ0n) is 26.6. The molecular formula is C34H53NO7. The van der Waals surface area contributed by atoms with Gasteiger partial charge in [-0.1, -0.05) is 32.9 Å². The molecule has 6 saturated heterocycles. The fourth-order valence-electron chi connectivity index (χ4n) is 12.2. The Labute approximate surface area is 251 Å². The Bertz CT molecular complexity index is 1090. The van der Waals surface area contributed by atoms with Crippen molar-refractivity contribution in [3.8, 4) is 0 Å². The number of nitrogens with zero attached hydrogens (tertiary/aromatic N) is 1. The van der Waals surface area contributed by atoms with E-state index in [-0.39, 0.29) is 53.1 Å². The zero-order valence-corrected chi connectivity index (χ0v) is 26.6. The van der Waals surface area contributed by atoms with Crippen LogP contribution in [0.4, 0.5) is 0 Å². The maximum Gasteiger partial charge on any atom is 0.136 e. The predicted molar refractivity (Wildman–Crippen MR) is 155 cm³/mol. The first-order valence-electron chi connectivity index (χ1n) is 17.4. The summed E-state index contributed by atoms with van der Waals surface area (Å²) >= 11 is 0. The molecule has 0 aromatic rings. The first kappa shape index (κ1) is 28.8. The molecule has 17 atom stereocenters. The third kappa shape index (κ3) is 3.81. The summed E-state index contributed by atoms with van der Waals surface area (Å²) in [6, 6.07) is -0.457. The molecule has 10 fully saturated rings. The zero-order chi connectivity index (χ0) is 29.2. The van der Waals surface area contributed by atoms with E-state index in [0.717, 1.165) is 51.4 Å². The third-order valence-electron chi connectivity index (χ3n) is 14.6. The van der Waals surface area contributed by atoms with E-state index in [9.17, 15) is 4.91 Å². The molecule has 42 heavy (non-hydrogen) atoms. The van der Waals surface area contributed by atoms with Crippen LogP contribution >= 0.6 is 0 Å². The van der Waals surface area contributed by atoms with E-state index >= 15 is 0 Å². The molecule has 6 heterocycles. The summed E-state index contributed by atoms with van der Waals surface area (Å²) in [6.45, 7) is 13.7. The summed E-state index contributed by atoms with van der Waals surface area (Å²) in [5.41, 5.74) is -1.45. The van der Waals surface area contributed by atoms with Crippen LogP contribution in [0.15, 0.2) is 5.18 Å². The Kier molecular flexibility index (Phi) is 6.64. The van der Waals surface area contributed by atoms with Crippen molar-refractivity contribution in [2.24, 2.45) is 52.5 Å². The normalized spacial score (nSPS) is 60.5. The Morgan fingerprint density at radius 2 is 1.19 bits per heavy atom. The molecule has 0 amide bonds. The Balaban J connectivity index is 1.08. The average Bonchev–Trinajstić information content (AvgIpc) is 3.34. The fraction of sp³-hybridized carbons (Fsp3) is 1.00. The van der Waals surface area contributed by atoms with Crippen LogP contribution in [-0.2, 0) is 29.0 Å². The highest BCUT2D eigenvalue weighted by Crippen LogP contribution is 2.64. The maximum atomic E-state index is 12.8. The second kappa shape index (κ2) is 9.68. The van der Waals surface area contributed by atoms with Gasteiger partial charge in [0.1, 0.15) is 28.4 Å². The van der Waals surface area contributed by atoms with Crippen molar-refractivity contribution < 1.29 is 29.0 Å². The summed E-state index contributed by atoms with van der Waals surface area (Å²) in [4.78, 5) is 38.2. The lowest BCUT2D eigenvalue weighted by Crippen LogP contribution is -2.71. The molecule has 0 radical (unpaired) electrons. The number of hydrogen-bond donors (Lipinski definition) is 0. The van der Waals surface area contributed by atoms with Crippen molar-refractivity contribution in [2.45, 2.75) is 165 Å². The molecule has 4 saturated carbocycles. The van der Waals surface area contributed by atoms with Crippen molar-refractivity contribution in [1.82, 2.24) is 0 Å². The molecule has 2 spiro atoms. The summed E-state index contributed by atoms with van der Waals surface area (Å²) < 4.78 is 14.2. The molecule has 6 aliphatic heterocycles. The van der Waals surface area contributed by atoms with E-state index in [2.05, 4.69) is 46.7 Å². The molecule has 0 aromatic carbocycles. The second-order valence-electron chi connectivity index (χ2n) is 16.8. The van der Waals surface area contributed by atoms with Crippen molar-refractivity contribution in [3.05, 3.63) is 4.91 Å². The van der Waals surface area contributed by atoms with Gasteiger partial charge in [-0.2, -0.15) is 4.91 Å². The first-order chi connectivity index (χ1) is 20.0. The lowest BCUT2D eigenvalue weighted by atomic mass is 9.55. The molecule has 10 aliphatic rings. The Hall–Kier alpha value is -0.640. The number of rotatable bonds is 4. The van der Waals surface area contributed by atoms with Crippen LogP contribution in [0, 0.1) is 52.3 Å². The topological polar surface area (TPSA) is 84.8 Å². The van der Waals surface area contributed by atoms with Crippen molar-refractivity contribution in [2.75, 3.05) is 0 Å². The average molecular weight is 588 g/mol. The van der Waals surface area contributed by atoms with Gasteiger partial charge >= 0.3 is 0 Å². The highest BCUT2D eigenvalue weighted by Gasteiger charge is 2.70. The molecule has 236 valence electrons. The Morgan fingerprint density at radius 1 is 0.667 bits per heavy atom. The SMILES string of the molecule is C[C@H]1[C@@H](C(C[C@H]2O[C@@H]3C[C@]4(C)CC[C@H]5[C@H](C)CC[C@@H]([C@H]2C)[C@@]35OO4)N=O)O[C@@H]2C[C@]3(C)CC[C@H]4[C@H](C)CC[C@@H]1[C@@]24OO3. The van der Waals surface area contributed by atoms with Crippen LogP contribution in [0.3, 0.4) is 0 Å². The highest BCUT2D eigenvalue weighted by molar-refractivity contribution is 5.17. The minimum absolute atomic E-state index is 0.0124. The highest BCUT2D eigenvalue weighted by atomic mass is 17.2. The monoisotopic (exact) mass is 587 g/mol. The van der Waals surface area contributed by atoms with Gasteiger partial charge in [-0.15, -0.1) is 0 Å². The Morgan fingerprint density at radius 3 is 1.74 bits per heavy atom. The standard InChI is InChI=1S/C34H53NO7/c1-18-7-9-24-20(3)27(37-28-16-31(5)13-11-22(18)33(24,28)41-39-31)15-26(35-36)30-21(4)25-10-8-19(2)23-12-14-32(6)17-29(38-30)34(23,25)42-40-32/h18-30H,7-17H2,1-6H3/t18-,19-,20-,21-,22+,23+,24+,25+,26?,27-,28-,29-,30+,31+,32+,33-,34-/m1/s1. The molecule has 10 rings (SSSR count). The summed E-state index contributed by atoms with van der Waals surface area (Å²) in [5.74, 6) is 3.10. The molecule has 8 nitrogen and oxygen atoms in total. The molecule has 0 aromatic heterocycles. The number of nitroso groups, excluding NO2 is 1. The minimum atomic E-state index is -0.457. The smallest absolute Gasteiger partial charge is 0.136 e. The molecule has 8 heteroatoms. The fourth-order valence-corrected chi connectivity index (χ4v) is 12.2. The summed E-state index contributed by atoms with van der Waals surface area (Å²) in [7, 11) is 0. The molecule has 1 unspecified atom stereocenters. The van der Waals surface area contributed by atoms with Crippen LogP contribution in [0.1, 0.15) is 112 Å². The largest absolute Gasteiger partial charge is 0.371 e. The van der Waals surface area contributed by atoms with Gasteiger partial charge in [0.05, 0.1) is 24.4 Å². The van der Waals surface area contributed by atoms with E-state index in [0.29, 0.717) is 41.9 Å². The van der Waals surface area contributed by atoms with Gasteiger partial charge in [0.2, 0.25) is 0 Å². The lowest BCUT2D eigenvalue weighted by Gasteiger charge is -2.62. The number of hydrogen-bond acceptors (Lipinski definition) is 8. The quantitative estimate of drug-likeness (QED) is 0.260. The van der Waals surface area contributed by atoms with Crippen LogP contribution < -0.4 is 0 Å². The van der Waals surface area contributed by atoms with Crippen LogP contribution in [0.25, 0.3) is 0 Å². The summed E-state index contributed by atoms with van der Waals surface area (Å²) in [5, 5.41) is 3.84. The lowest BCUT2D eigenvalue weighted by molar-refractivity contribution is -0.489. The third-order valence-corrected chi connectivity index (χ3v) is 14.6. The number of ether oxygens (including phenoxy) is 2. The molecular weight excluding hydrogens is 534 g/mol. The van der Waals surface area contributed by atoms with E-state index in [1.54, 1.807) is 0 Å². The van der Waals surface area contributed by atoms with Gasteiger partial charge in [-0.25, -0.2) is 19.6 Å². The van der Waals surface area contributed by atoms with Crippen LogP contribution in [0.5, 0.6) is 0 Å². The van der Waals surface area contributed by atoms with E-state index in [4.69, 9.17) is 29.0 Å². The van der Waals surface area contributed by atoms with Crippen LogP contribution in [-0.4, -0.2) is 52.9 Å². The molecule has 4 aliphatic carbocycles. The summed E-state index contributed by atoms with van der Waals surface area (Å²) in [6.07, 6.45) is 10.7. The van der Waals surface area contributed by atoms with E-state index in [1.807, 2.05) is 0 Å². The van der Waals surface area contributed by atoms with Crippen molar-refractivity contribution >= 4 is 0 Å². The second-order valence-corrected chi connectivity index (χ2v) is 16.8. The van der Waals surface area contributed by atoms with Crippen molar-refractivity contribution in [1.29, 1.82) is 0 Å². The van der Waals surface area contributed by atoms with Gasteiger partial charge in [-0.05, 0) is 113 Å². The van der Waals surface area contributed by atoms with Gasteiger partial charge in [0.25, 0.3) is 0 Å². The van der Waals surface area contributed by atoms with Gasteiger partial charge in [-0.3, -0.25) is 0 Å². The first-order valence-corrected chi connectivity index (χ1v) is 17.4. The maximum absolute atomic E-state index is 12.8. The minimum Gasteiger partial charge on any atom is -0.371 e. The van der Waals surface area contributed by atoms with E-state index < -0.39 is 11.6 Å². The van der Waals surface area contributed by atoms with Gasteiger partial charge in [0, 0.05) is 19.3 Å². The predicted octanol–water partition coefficient (Wildman–Crippen LogP) is 6.93. The molecule has 0 N–H and O–H groups in total. The van der Waals surface area contributed by atoms with E-state index in [1.165, 1.54) is 12.8 Å². The van der Waals surface area contributed by atoms with Gasteiger partial charge in [0.15, 0.2) is 0 Å².